The molecule has 0 aliphatic heterocycles. The van der Waals surface area contributed by atoms with Crippen LogP contribution in [-0.2, 0) is 9.47 Å². The molecule has 0 radical (unpaired) electrons. The van der Waals surface area contributed by atoms with Crippen LogP contribution in [0.4, 0.5) is 0 Å². The maximum Gasteiger partial charge on any atom is 0.338 e. The van der Waals surface area contributed by atoms with E-state index < -0.39 is 5.97 Å². The zero-order valence-electron chi connectivity index (χ0n) is 29.3. The van der Waals surface area contributed by atoms with Gasteiger partial charge in [-0.2, -0.15) is 0 Å². The van der Waals surface area contributed by atoms with Crippen LogP contribution in [0.15, 0.2) is 23.8 Å². The molecule has 0 spiro atoms. The molecule has 9 atom stereocenters. The second-order valence-electron chi connectivity index (χ2n) is 17.6. The van der Waals surface area contributed by atoms with Crippen molar-refractivity contribution in [1.29, 1.82) is 0 Å². The van der Waals surface area contributed by atoms with Crippen LogP contribution in [0.2, 0.25) is 0 Å². The van der Waals surface area contributed by atoms with Gasteiger partial charge in [0.25, 0.3) is 0 Å². The molecule has 0 aromatic heterocycles. The number of methoxy groups -OCH3 is 2. The number of phenols is 2. The van der Waals surface area contributed by atoms with Gasteiger partial charge in [0.2, 0.25) is 5.75 Å². The van der Waals surface area contributed by atoms with Crippen molar-refractivity contribution in [2.24, 2.45) is 50.7 Å². The van der Waals surface area contributed by atoms with Gasteiger partial charge in [0.05, 0.1) is 18.8 Å². The number of allylic oxidation sites excluding steroid dienone is 2. The van der Waals surface area contributed by atoms with E-state index in [1.165, 1.54) is 64.2 Å². The number of fused-ring (bicyclic) bond motifs is 6. The molecular formula is C39H58O6. The molecule has 0 bridgehead atoms. The van der Waals surface area contributed by atoms with Crippen LogP contribution < -0.4 is 4.74 Å². The molecule has 45 heavy (non-hydrogen) atoms. The number of benzene rings is 1. The Morgan fingerprint density at radius 1 is 0.756 bits per heavy atom. The minimum atomic E-state index is -0.516. The highest BCUT2D eigenvalue weighted by Gasteiger charge is 2.63. The summed E-state index contributed by atoms with van der Waals surface area (Å²) in [4.78, 5) is 13.3. The molecule has 5 aliphatic rings. The first-order valence-corrected chi connectivity index (χ1v) is 17.6. The van der Waals surface area contributed by atoms with Gasteiger partial charge >= 0.3 is 5.97 Å². The lowest BCUT2D eigenvalue weighted by Gasteiger charge is -2.64. The summed E-state index contributed by atoms with van der Waals surface area (Å²) in [6, 6.07) is 2.63. The summed E-state index contributed by atoms with van der Waals surface area (Å²) in [5.74, 6) is 1.27. The summed E-state index contributed by atoms with van der Waals surface area (Å²) in [5, 5.41) is 20.5. The summed E-state index contributed by atoms with van der Waals surface area (Å²) in [7, 11) is 3.28. The number of rotatable bonds is 4. The van der Waals surface area contributed by atoms with E-state index >= 15 is 0 Å². The number of aromatic hydroxyl groups is 2. The predicted octanol–water partition coefficient (Wildman–Crippen LogP) is 9.08. The Hall–Kier alpha value is -2.21. The van der Waals surface area contributed by atoms with E-state index in [2.05, 4.69) is 54.5 Å². The van der Waals surface area contributed by atoms with Crippen molar-refractivity contribution in [3.63, 3.8) is 0 Å². The quantitative estimate of drug-likeness (QED) is 0.257. The fraction of sp³-hybridized carbons (Fsp3) is 0.769. The van der Waals surface area contributed by atoms with E-state index in [0.29, 0.717) is 34.7 Å². The normalized spacial score (nSPS) is 41.7. The first-order valence-electron chi connectivity index (χ1n) is 17.6. The zero-order chi connectivity index (χ0) is 32.7. The van der Waals surface area contributed by atoms with Gasteiger partial charge in [0.1, 0.15) is 6.10 Å². The van der Waals surface area contributed by atoms with Crippen molar-refractivity contribution in [2.75, 3.05) is 14.2 Å². The SMILES string of the molecule is COc1c(O)cc(C(=O)O[C@@H]2CC[C@]3(C)[C@H]4CC[C@H]5[C@@](C)(CC[C@H]6C(C)(C)[C@@H](OC)CC[C@@]65C)CC4=CC[C@H]3C2(C)C)cc1O. The lowest BCUT2D eigenvalue weighted by molar-refractivity contribution is -0.178. The van der Waals surface area contributed by atoms with Crippen LogP contribution in [0, 0.1) is 50.7 Å². The summed E-state index contributed by atoms with van der Waals surface area (Å²) in [6.45, 7) is 17.3. The number of phenolic OH excluding ortho intramolecular Hbond substituents is 2. The molecule has 2 N–H and O–H groups in total. The fourth-order valence-corrected chi connectivity index (χ4v) is 12.7. The molecule has 4 fully saturated rings. The van der Waals surface area contributed by atoms with E-state index in [1.54, 1.807) is 5.57 Å². The van der Waals surface area contributed by atoms with Gasteiger partial charge in [0.15, 0.2) is 11.5 Å². The van der Waals surface area contributed by atoms with Gasteiger partial charge in [-0.3, -0.25) is 0 Å². The average molecular weight is 623 g/mol. The predicted molar refractivity (Wildman–Crippen MR) is 176 cm³/mol. The smallest absolute Gasteiger partial charge is 0.338 e. The van der Waals surface area contributed by atoms with Crippen molar-refractivity contribution in [3.8, 4) is 17.2 Å². The summed E-state index contributed by atoms with van der Waals surface area (Å²) >= 11 is 0. The van der Waals surface area contributed by atoms with E-state index in [9.17, 15) is 15.0 Å². The fourth-order valence-electron chi connectivity index (χ4n) is 12.7. The van der Waals surface area contributed by atoms with Crippen LogP contribution in [0.25, 0.3) is 0 Å². The second kappa shape index (κ2) is 10.9. The molecule has 1 aromatic rings. The molecule has 6 heteroatoms. The molecule has 4 saturated carbocycles. The third kappa shape index (κ3) is 4.85. The third-order valence-electron chi connectivity index (χ3n) is 14.8. The number of esters is 1. The zero-order valence-corrected chi connectivity index (χ0v) is 29.3. The highest BCUT2D eigenvalue weighted by atomic mass is 16.5. The summed E-state index contributed by atoms with van der Waals surface area (Å²) in [6.07, 6.45) is 14.4. The largest absolute Gasteiger partial charge is 0.504 e. The Bertz CT molecular complexity index is 1340. The Balaban J connectivity index is 1.24. The minimum Gasteiger partial charge on any atom is -0.504 e. The van der Waals surface area contributed by atoms with Gasteiger partial charge in [-0.15, -0.1) is 0 Å². The van der Waals surface area contributed by atoms with Crippen LogP contribution in [0.3, 0.4) is 0 Å². The van der Waals surface area contributed by atoms with Crippen molar-refractivity contribution < 1.29 is 29.2 Å². The summed E-state index contributed by atoms with van der Waals surface area (Å²) < 4.78 is 17.3. The van der Waals surface area contributed by atoms with Gasteiger partial charge in [-0.05, 0) is 122 Å². The Kier molecular flexibility index (Phi) is 7.94. The third-order valence-corrected chi connectivity index (χ3v) is 14.8. The molecule has 0 heterocycles. The van der Waals surface area contributed by atoms with Crippen LogP contribution in [0.5, 0.6) is 17.2 Å². The first-order chi connectivity index (χ1) is 21.0. The molecule has 250 valence electrons. The van der Waals surface area contributed by atoms with E-state index in [4.69, 9.17) is 14.2 Å². The lowest BCUT2D eigenvalue weighted by atomic mass is 9.42. The molecule has 0 saturated heterocycles. The average Bonchev–Trinajstić information content (AvgIpc) is 3.11. The first kappa shape index (κ1) is 32.7. The molecule has 0 amide bonds. The molecule has 6 rings (SSSR count). The van der Waals surface area contributed by atoms with Gasteiger partial charge in [-0.25, -0.2) is 4.79 Å². The monoisotopic (exact) mass is 622 g/mol. The van der Waals surface area contributed by atoms with Crippen molar-refractivity contribution in [1.82, 2.24) is 0 Å². The van der Waals surface area contributed by atoms with Gasteiger partial charge in [0, 0.05) is 12.5 Å². The standard InChI is InChI=1S/C39H58O6/c1-35(2)29-14-17-37(5)22-23-10-12-28-36(3,4)32(45-34(42)24-20-26(40)33(44-9)27(41)21-24)16-18-38(28,6)25(23)11-13-30(37)39(29,7)19-15-31(35)43-8/h10,20-21,25,28-32,40-41H,11-19,22H2,1-9H3/t25-,28-,29-,30-,31-,32+,37-,38+,39-/m0/s1. The highest BCUT2D eigenvalue weighted by molar-refractivity contribution is 5.91. The number of carbonyl (C=O) groups excluding carboxylic acids is 1. The van der Waals surface area contributed by atoms with E-state index in [1.807, 2.05) is 7.11 Å². The van der Waals surface area contributed by atoms with Crippen LogP contribution in [-0.4, -0.2) is 42.6 Å². The number of ether oxygens (including phenoxy) is 3. The molecule has 0 unspecified atom stereocenters. The van der Waals surface area contributed by atoms with Crippen molar-refractivity contribution >= 4 is 5.97 Å². The molecule has 5 aliphatic carbocycles. The van der Waals surface area contributed by atoms with Gasteiger partial charge < -0.3 is 24.4 Å². The second-order valence-corrected chi connectivity index (χ2v) is 17.6. The maximum atomic E-state index is 13.3. The topological polar surface area (TPSA) is 85.2 Å². The number of hydrogen-bond acceptors (Lipinski definition) is 6. The van der Waals surface area contributed by atoms with E-state index in [0.717, 1.165) is 25.2 Å². The Morgan fingerprint density at radius 3 is 2.02 bits per heavy atom. The van der Waals surface area contributed by atoms with Crippen molar-refractivity contribution in [3.05, 3.63) is 29.3 Å². The van der Waals surface area contributed by atoms with Crippen LogP contribution in [0.1, 0.15) is 123 Å². The number of hydrogen-bond donors (Lipinski definition) is 2. The van der Waals surface area contributed by atoms with E-state index in [-0.39, 0.29) is 45.2 Å². The van der Waals surface area contributed by atoms with Gasteiger partial charge in [-0.1, -0.05) is 60.1 Å². The van der Waals surface area contributed by atoms with Crippen LogP contribution >= 0.6 is 0 Å². The summed E-state index contributed by atoms with van der Waals surface area (Å²) in [5.41, 5.74) is 2.66. The lowest BCUT2D eigenvalue weighted by Crippen LogP contribution is -2.58. The molecule has 1 aromatic carbocycles. The van der Waals surface area contributed by atoms with Crippen molar-refractivity contribution in [2.45, 2.75) is 125 Å². The number of carbonyl (C=O) groups is 1. The highest BCUT2D eigenvalue weighted by Crippen LogP contribution is 2.70. The molecule has 6 nitrogen and oxygen atoms in total. The molecular weight excluding hydrogens is 564 g/mol. The maximum absolute atomic E-state index is 13.3. The minimum absolute atomic E-state index is 0.0434. The Morgan fingerprint density at radius 2 is 1.38 bits per heavy atom. The Labute approximate surface area is 271 Å².